The number of oxazole rings is 1. The summed E-state index contributed by atoms with van der Waals surface area (Å²) in [5, 5.41) is 13.8. The summed E-state index contributed by atoms with van der Waals surface area (Å²) in [6, 6.07) is 13.0. The Hall–Kier alpha value is -4.54. The number of amides is 1. The second-order valence-corrected chi connectivity index (χ2v) is 8.84. The third-order valence-electron chi connectivity index (χ3n) is 6.46. The van der Waals surface area contributed by atoms with Gasteiger partial charge in [-0.15, -0.1) is 0 Å². The van der Waals surface area contributed by atoms with Gasteiger partial charge in [0.2, 0.25) is 0 Å². The van der Waals surface area contributed by atoms with Crippen LogP contribution in [0, 0.1) is 18.6 Å². The molecule has 0 aliphatic carbocycles. The normalized spacial score (nSPS) is 15.2. The Balaban J connectivity index is 1.62. The van der Waals surface area contributed by atoms with Crippen molar-refractivity contribution >= 4 is 12.1 Å². The van der Waals surface area contributed by atoms with Crippen LogP contribution in [0.15, 0.2) is 63.8 Å². The Labute approximate surface area is 210 Å². The predicted octanol–water partition coefficient (Wildman–Crippen LogP) is 4.33. The van der Waals surface area contributed by atoms with Crippen LogP contribution in [0.3, 0.4) is 0 Å². The van der Waals surface area contributed by atoms with Gasteiger partial charge >= 0.3 is 6.09 Å². The molecule has 0 spiro atoms. The number of aryl methyl sites for hydroxylation is 1. The maximum absolute atomic E-state index is 14.9. The fraction of sp³-hybridized carbons (Fsp3) is 0.231. The second-order valence-electron chi connectivity index (χ2n) is 8.84. The molecule has 1 aliphatic rings. The highest BCUT2D eigenvalue weighted by Crippen LogP contribution is 2.37. The van der Waals surface area contributed by atoms with E-state index in [4.69, 9.17) is 4.42 Å². The molecule has 1 atom stereocenters. The summed E-state index contributed by atoms with van der Waals surface area (Å²) >= 11 is 0. The van der Waals surface area contributed by atoms with E-state index in [0.29, 0.717) is 25.2 Å². The van der Waals surface area contributed by atoms with E-state index in [1.165, 1.54) is 34.8 Å². The lowest BCUT2D eigenvalue weighted by Crippen LogP contribution is -2.38. The Morgan fingerprint density at radius 2 is 1.95 bits per heavy atom. The van der Waals surface area contributed by atoms with Crippen molar-refractivity contribution in [2.45, 2.75) is 19.4 Å². The summed E-state index contributed by atoms with van der Waals surface area (Å²) in [4.78, 5) is 31.5. The minimum absolute atomic E-state index is 0.000225. The molecule has 9 nitrogen and oxygen atoms in total. The smallest absolute Gasteiger partial charge is 0.407 e. The van der Waals surface area contributed by atoms with Crippen LogP contribution >= 0.6 is 0 Å². The molecule has 0 radical (unpaired) electrons. The Morgan fingerprint density at radius 1 is 1.16 bits per heavy atom. The van der Waals surface area contributed by atoms with Crippen LogP contribution in [0.5, 0.6) is 0 Å². The molecule has 190 valence electrons. The number of hydrogen-bond donors (Lipinski definition) is 1. The standard InChI is InChI=1S/C26H23F2N5O4/c1-15-5-3-4-6-21(15)33-22(34)10-9-20(30-33)24-23(18-8-7-16(27)13-19(18)28)29-25(37-24)32-12-11-17(14-32)31(2)26(35)36/h3-10,13,17H,11-12,14H2,1-2H3,(H,35,36). The fourth-order valence-corrected chi connectivity index (χ4v) is 4.38. The first-order chi connectivity index (χ1) is 17.7. The number of carboxylic acid groups (broad SMARTS) is 1. The molecule has 37 heavy (non-hydrogen) atoms. The third kappa shape index (κ3) is 4.55. The number of benzene rings is 2. The molecule has 1 N–H and O–H groups in total. The zero-order valence-electron chi connectivity index (χ0n) is 20.1. The average molecular weight is 507 g/mol. The molecule has 3 heterocycles. The SMILES string of the molecule is Cc1ccccc1-n1nc(-c2oc(N3CCC(N(C)C(=O)O)C3)nc2-c2ccc(F)cc2F)ccc1=O. The Morgan fingerprint density at radius 3 is 2.68 bits per heavy atom. The van der Waals surface area contributed by atoms with Crippen LogP contribution < -0.4 is 10.5 Å². The zero-order valence-corrected chi connectivity index (χ0v) is 20.1. The summed E-state index contributed by atoms with van der Waals surface area (Å²) in [5.41, 5.74) is 1.33. The van der Waals surface area contributed by atoms with Crippen molar-refractivity contribution in [2.75, 3.05) is 25.0 Å². The highest BCUT2D eigenvalue weighted by Gasteiger charge is 2.32. The molecule has 4 aromatic rings. The first-order valence-corrected chi connectivity index (χ1v) is 11.6. The fourth-order valence-electron chi connectivity index (χ4n) is 4.38. The Kier molecular flexibility index (Phi) is 6.20. The van der Waals surface area contributed by atoms with Crippen molar-refractivity contribution in [3.05, 3.63) is 82.1 Å². The molecule has 0 saturated carbocycles. The summed E-state index contributed by atoms with van der Waals surface area (Å²) in [7, 11) is 1.50. The Bertz CT molecular complexity index is 1550. The predicted molar refractivity (Wildman–Crippen MR) is 132 cm³/mol. The van der Waals surface area contributed by atoms with Gasteiger partial charge in [-0.2, -0.15) is 14.8 Å². The van der Waals surface area contributed by atoms with E-state index in [1.807, 2.05) is 19.1 Å². The van der Waals surface area contributed by atoms with Gasteiger partial charge in [0, 0.05) is 37.8 Å². The summed E-state index contributed by atoms with van der Waals surface area (Å²) < 4.78 is 35.8. The molecule has 2 aromatic carbocycles. The van der Waals surface area contributed by atoms with Gasteiger partial charge in [-0.3, -0.25) is 4.79 Å². The van der Waals surface area contributed by atoms with Gasteiger partial charge < -0.3 is 19.3 Å². The minimum atomic E-state index is -1.04. The number of rotatable bonds is 5. The van der Waals surface area contributed by atoms with Crippen LogP contribution in [0.25, 0.3) is 28.4 Å². The van der Waals surface area contributed by atoms with Crippen molar-refractivity contribution in [3.8, 4) is 28.4 Å². The van der Waals surface area contributed by atoms with Crippen molar-refractivity contribution in [1.29, 1.82) is 0 Å². The summed E-state index contributed by atoms with van der Waals surface area (Å²) in [5.74, 6) is -1.48. The molecule has 2 aromatic heterocycles. The van der Waals surface area contributed by atoms with E-state index in [2.05, 4.69) is 10.1 Å². The average Bonchev–Trinajstić information content (AvgIpc) is 3.52. The number of halogens is 2. The summed E-state index contributed by atoms with van der Waals surface area (Å²) in [6.45, 7) is 2.63. The van der Waals surface area contributed by atoms with E-state index in [9.17, 15) is 23.5 Å². The summed E-state index contributed by atoms with van der Waals surface area (Å²) in [6.07, 6.45) is -0.492. The van der Waals surface area contributed by atoms with Crippen molar-refractivity contribution in [1.82, 2.24) is 19.7 Å². The first-order valence-electron chi connectivity index (χ1n) is 11.6. The van der Waals surface area contributed by atoms with Gasteiger partial charge in [0.15, 0.2) is 5.76 Å². The molecular weight excluding hydrogens is 484 g/mol. The largest absolute Gasteiger partial charge is 0.465 e. The lowest BCUT2D eigenvalue weighted by atomic mass is 10.1. The van der Waals surface area contributed by atoms with Gasteiger partial charge in [-0.1, -0.05) is 18.2 Å². The lowest BCUT2D eigenvalue weighted by Gasteiger charge is -2.21. The molecule has 1 amide bonds. The number of likely N-dealkylation sites (N-methyl/N-ethyl adjacent to an activating group) is 1. The highest BCUT2D eigenvalue weighted by atomic mass is 19.1. The molecule has 5 rings (SSSR count). The molecule has 1 aliphatic heterocycles. The number of aromatic nitrogens is 3. The number of anilines is 1. The van der Waals surface area contributed by atoms with Crippen LogP contribution in [-0.4, -0.2) is 57.0 Å². The topological polar surface area (TPSA) is 105 Å². The van der Waals surface area contributed by atoms with Crippen molar-refractivity contribution in [2.24, 2.45) is 0 Å². The molecular formula is C26H23F2N5O4. The van der Waals surface area contributed by atoms with Crippen molar-refractivity contribution in [3.63, 3.8) is 0 Å². The number of para-hydroxylation sites is 1. The van der Waals surface area contributed by atoms with Crippen LogP contribution in [0.1, 0.15) is 12.0 Å². The second kappa shape index (κ2) is 9.49. The maximum atomic E-state index is 14.9. The van der Waals surface area contributed by atoms with E-state index >= 15 is 0 Å². The first kappa shape index (κ1) is 24.2. The highest BCUT2D eigenvalue weighted by molar-refractivity contribution is 5.77. The van der Waals surface area contributed by atoms with Gasteiger partial charge in [0.05, 0.1) is 11.7 Å². The molecule has 0 bridgehead atoms. The van der Waals surface area contributed by atoms with Crippen molar-refractivity contribution < 1.29 is 23.1 Å². The molecule has 1 fully saturated rings. The lowest BCUT2D eigenvalue weighted by molar-refractivity contribution is 0.142. The van der Waals surface area contributed by atoms with E-state index in [-0.39, 0.29) is 40.3 Å². The van der Waals surface area contributed by atoms with E-state index < -0.39 is 17.7 Å². The van der Waals surface area contributed by atoms with E-state index in [0.717, 1.165) is 17.7 Å². The van der Waals surface area contributed by atoms with Gasteiger partial charge in [-0.05, 0) is 43.2 Å². The number of carbonyl (C=O) groups is 1. The monoisotopic (exact) mass is 507 g/mol. The van der Waals surface area contributed by atoms with Crippen LogP contribution in [0.4, 0.5) is 19.6 Å². The van der Waals surface area contributed by atoms with Gasteiger partial charge in [0.25, 0.3) is 11.6 Å². The molecule has 1 unspecified atom stereocenters. The number of hydrogen-bond acceptors (Lipinski definition) is 6. The number of nitrogens with zero attached hydrogens (tertiary/aromatic N) is 5. The maximum Gasteiger partial charge on any atom is 0.407 e. The van der Waals surface area contributed by atoms with Crippen LogP contribution in [-0.2, 0) is 0 Å². The van der Waals surface area contributed by atoms with E-state index in [1.54, 1.807) is 17.0 Å². The zero-order chi connectivity index (χ0) is 26.3. The molecule has 1 saturated heterocycles. The van der Waals surface area contributed by atoms with Crippen LogP contribution in [0.2, 0.25) is 0 Å². The quantitative estimate of drug-likeness (QED) is 0.429. The van der Waals surface area contributed by atoms with Gasteiger partial charge in [0.1, 0.15) is 23.0 Å². The minimum Gasteiger partial charge on any atom is -0.465 e. The van der Waals surface area contributed by atoms with Gasteiger partial charge in [-0.25, -0.2) is 13.6 Å². The third-order valence-corrected chi connectivity index (χ3v) is 6.46. The molecule has 11 heteroatoms.